The molecule has 8 heteroatoms. The van der Waals surface area contributed by atoms with Gasteiger partial charge >= 0.3 is 0 Å². The van der Waals surface area contributed by atoms with E-state index in [4.69, 9.17) is 5.84 Å². The first-order chi connectivity index (χ1) is 9.76. The number of hydrogen-bond acceptors (Lipinski definition) is 7. The molecule has 100 valence electrons. The number of nitrogens with zero attached hydrogens (tertiary/aromatic N) is 3. The normalized spacial score (nSPS) is 10.7. The second kappa shape index (κ2) is 5.27. The topological polar surface area (TPSA) is 110 Å². The van der Waals surface area contributed by atoms with E-state index in [0.29, 0.717) is 16.1 Å². The lowest BCUT2D eigenvalue weighted by Gasteiger charge is -2.06. The third-order valence-corrected chi connectivity index (χ3v) is 3.44. The summed E-state index contributed by atoms with van der Waals surface area (Å²) < 4.78 is 0. The Labute approximate surface area is 117 Å². The Morgan fingerprint density at radius 3 is 2.85 bits per heavy atom. The lowest BCUT2D eigenvalue weighted by molar-refractivity contribution is 0.932. The van der Waals surface area contributed by atoms with Crippen molar-refractivity contribution < 1.29 is 0 Å². The van der Waals surface area contributed by atoms with Crippen LogP contribution < -0.4 is 16.8 Å². The maximum atomic E-state index is 11.3. The number of benzene rings is 1. The van der Waals surface area contributed by atoms with Gasteiger partial charge in [-0.25, -0.2) is 20.8 Å². The summed E-state index contributed by atoms with van der Waals surface area (Å²) in [6.45, 7) is 0. The standard InChI is InChI=1S/C12H10N6OS/c13-18-11-15-8-4-2-1-3-7(8)10(17-11)20-12-14-6-5-9(19)16-12/h1-6H,13H2,(H,14,16,19)(H,15,17,18). The van der Waals surface area contributed by atoms with E-state index < -0.39 is 0 Å². The zero-order chi connectivity index (χ0) is 13.9. The fraction of sp³-hybridized carbons (Fsp3) is 0. The number of aromatic nitrogens is 4. The van der Waals surface area contributed by atoms with Gasteiger partial charge in [-0.05, 0) is 17.8 Å². The van der Waals surface area contributed by atoms with Gasteiger partial charge in [0.15, 0.2) is 5.16 Å². The number of hydrogen-bond donors (Lipinski definition) is 3. The third kappa shape index (κ3) is 2.46. The first-order valence-corrected chi connectivity index (χ1v) is 6.54. The number of nitrogens with one attached hydrogen (secondary N) is 2. The Kier molecular flexibility index (Phi) is 3.32. The van der Waals surface area contributed by atoms with Crippen LogP contribution in [0.3, 0.4) is 0 Å². The molecule has 0 aliphatic heterocycles. The van der Waals surface area contributed by atoms with Crippen molar-refractivity contribution in [2.24, 2.45) is 5.84 Å². The molecule has 0 aliphatic rings. The molecular weight excluding hydrogens is 276 g/mol. The minimum atomic E-state index is -0.210. The summed E-state index contributed by atoms with van der Waals surface area (Å²) in [6.07, 6.45) is 1.45. The van der Waals surface area contributed by atoms with Crippen LogP contribution in [0.4, 0.5) is 5.95 Å². The summed E-state index contributed by atoms with van der Waals surface area (Å²) in [7, 11) is 0. The zero-order valence-corrected chi connectivity index (χ0v) is 11.0. The van der Waals surface area contributed by atoms with E-state index in [1.54, 1.807) is 0 Å². The Balaban J connectivity index is 2.12. The van der Waals surface area contributed by atoms with Gasteiger partial charge in [-0.2, -0.15) is 0 Å². The number of aromatic amines is 1. The molecule has 7 nitrogen and oxygen atoms in total. The van der Waals surface area contributed by atoms with E-state index in [0.717, 1.165) is 10.9 Å². The van der Waals surface area contributed by atoms with Crippen molar-refractivity contribution >= 4 is 28.6 Å². The Hall–Kier alpha value is -2.45. The van der Waals surface area contributed by atoms with Crippen molar-refractivity contribution in [1.82, 2.24) is 19.9 Å². The van der Waals surface area contributed by atoms with Crippen LogP contribution in [0.1, 0.15) is 0 Å². The van der Waals surface area contributed by atoms with Crippen molar-refractivity contribution in [3.63, 3.8) is 0 Å². The molecule has 0 bridgehead atoms. The van der Waals surface area contributed by atoms with E-state index in [1.165, 1.54) is 24.0 Å². The number of rotatable bonds is 3. The van der Waals surface area contributed by atoms with Crippen LogP contribution >= 0.6 is 11.8 Å². The fourth-order valence-electron chi connectivity index (χ4n) is 1.69. The molecule has 0 amide bonds. The molecular formula is C12H10N6OS. The van der Waals surface area contributed by atoms with E-state index in [9.17, 15) is 4.79 Å². The number of H-pyrrole nitrogens is 1. The average Bonchev–Trinajstić information content (AvgIpc) is 2.47. The van der Waals surface area contributed by atoms with E-state index in [1.807, 2.05) is 24.3 Å². The Morgan fingerprint density at radius 1 is 1.20 bits per heavy atom. The van der Waals surface area contributed by atoms with Gasteiger partial charge < -0.3 is 4.98 Å². The van der Waals surface area contributed by atoms with Crippen molar-refractivity contribution in [3.05, 3.63) is 46.9 Å². The molecule has 0 unspecified atom stereocenters. The van der Waals surface area contributed by atoms with Crippen molar-refractivity contribution in [2.45, 2.75) is 10.2 Å². The lowest BCUT2D eigenvalue weighted by atomic mass is 10.2. The molecule has 1 aromatic carbocycles. The number of fused-ring (bicyclic) bond motifs is 1. The first-order valence-electron chi connectivity index (χ1n) is 5.73. The largest absolute Gasteiger partial charge is 0.301 e. The number of anilines is 1. The fourth-order valence-corrected chi connectivity index (χ4v) is 2.55. The molecule has 0 saturated carbocycles. The Morgan fingerprint density at radius 2 is 2.05 bits per heavy atom. The highest BCUT2D eigenvalue weighted by molar-refractivity contribution is 7.99. The summed E-state index contributed by atoms with van der Waals surface area (Å²) in [6, 6.07) is 8.90. The van der Waals surface area contributed by atoms with Crippen molar-refractivity contribution in [3.8, 4) is 0 Å². The number of nitrogens with two attached hydrogens (primary N) is 1. The highest BCUT2D eigenvalue weighted by atomic mass is 32.2. The molecule has 0 spiro atoms. The van der Waals surface area contributed by atoms with Crippen LogP contribution in [0.2, 0.25) is 0 Å². The number of hydrazine groups is 1. The van der Waals surface area contributed by atoms with E-state index in [-0.39, 0.29) is 5.56 Å². The molecule has 0 fully saturated rings. The Bertz CT molecular complexity index is 818. The average molecular weight is 286 g/mol. The van der Waals surface area contributed by atoms with Gasteiger partial charge in [0, 0.05) is 17.6 Å². The number of nitrogen functional groups attached to an aromatic ring is 1. The highest BCUT2D eigenvalue weighted by Crippen LogP contribution is 2.29. The maximum Gasteiger partial charge on any atom is 0.251 e. The third-order valence-electron chi connectivity index (χ3n) is 2.54. The van der Waals surface area contributed by atoms with Crippen LogP contribution in [0, 0.1) is 0 Å². The second-order valence-corrected chi connectivity index (χ2v) is 4.83. The summed E-state index contributed by atoms with van der Waals surface area (Å²) in [5.41, 5.74) is 2.98. The van der Waals surface area contributed by atoms with Gasteiger partial charge in [0.25, 0.3) is 5.56 Å². The molecule has 3 rings (SSSR count). The predicted octanol–water partition coefficient (Wildman–Crippen LogP) is 1.15. The van der Waals surface area contributed by atoms with Gasteiger partial charge in [0.1, 0.15) is 5.03 Å². The van der Waals surface area contributed by atoms with Crippen LogP contribution in [0.5, 0.6) is 0 Å². The summed E-state index contributed by atoms with van der Waals surface area (Å²) >= 11 is 1.25. The maximum absolute atomic E-state index is 11.3. The second-order valence-electron chi connectivity index (χ2n) is 3.86. The van der Waals surface area contributed by atoms with Crippen LogP contribution in [-0.2, 0) is 0 Å². The van der Waals surface area contributed by atoms with Crippen LogP contribution in [-0.4, -0.2) is 19.9 Å². The summed E-state index contributed by atoms with van der Waals surface area (Å²) in [5, 5.41) is 1.99. The summed E-state index contributed by atoms with van der Waals surface area (Å²) in [5.74, 6) is 5.68. The monoisotopic (exact) mass is 286 g/mol. The molecule has 3 aromatic rings. The summed E-state index contributed by atoms with van der Waals surface area (Å²) in [4.78, 5) is 26.6. The SMILES string of the molecule is NNc1nc(Sc2nccc(=O)[nH]2)c2ccccc2n1. The quantitative estimate of drug-likeness (QED) is 0.287. The van der Waals surface area contributed by atoms with E-state index >= 15 is 0 Å². The van der Waals surface area contributed by atoms with Gasteiger partial charge in [-0.3, -0.25) is 10.2 Å². The smallest absolute Gasteiger partial charge is 0.251 e. The minimum Gasteiger partial charge on any atom is -0.301 e. The molecule has 0 atom stereocenters. The van der Waals surface area contributed by atoms with Gasteiger partial charge in [-0.15, -0.1) is 0 Å². The highest BCUT2D eigenvalue weighted by Gasteiger charge is 2.09. The van der Waals surface area contributed by atoms with Crippen molar-refractivity contribution in [1.29, 1.82) is 0 Å². The minimum absolute atomic E-state index is 0.210. The van der Waals surface area contributed by atoms with Crippen molar-refractivity contribution in [2.75, 3.05) is 5.43 Å². The lowest BCUT2D eigenvalue weighted by Crippen LogP contribution is -2.11. The zero-order valence-electron chi connectivity index (χ0n) is 10.2. The molecule has 2 heterocycles. The molecule has 4 N–H and O–H groups in total. The van der Waals surface area contributed by atoms with Gasteiger partial charge in [0.05, 0.1) is 5.52 Å². The van der Waals surface area contributed by atoms with Gasteiger partial charge in [0.2, 0.25) is 5.95 Å². The van der Waals surface area contributed by atoms with Crippen LogP contribution in [0.25, 0.3) is 10.9 Å². The van der Waals surface area contributed by atoms with Crippen LogP contribution in [0.15, 0.2) is 51.5 Å². The molecule has 0 aliphatic carbocycles. The molecule has 0 saturated heterocycles. The molecule has 2 aromatic heterocycles. The molecule has 20 heavy (non-hydrogen) atoms. The molecule has 0 radical (unpaired) electrons. The number of para-hydroxylation sites is 1. The first kappa shape index (κ1) is 12.6. The predicted molar refractivity (Wildman–Crippen MR) is 76.3 cm³/mol. The van der Waals surface area contributed by atoms with Gasteiger partial charge in [-0.1, -0.05) is 18.2 Å². The van der Waals surface area contributed by atoms with E-state index in [2.05, 4.69) is 25.4 Å².